The van der Waals surface area contributed by atoms with E-state index in [9.17, 15) is 14.4 Å². The summed E-state index contributed by atoms with van der Waals surface area (Å²) in [6, 6.07) is 17.8. The van der Waals surface area contributed by atoms with Gasteiger partial charge in [0.2, 0.25) is 0 Å². The van der Waals surface area contributed by atoms with Crippen LogP contribution in [0.1, 0.15) is 36.6 Å². The molecule has 6 nitrogen and oxygen atoms in total. The largest absolute Gasteiger partial charge is 0.355 e. The van der Waals surface area contributed by atoms with E-state index in [1.165, 1.54) is 11.1 Å². The first-order chi connectivity index (χ1) is 13.6. The van der Waals surface area contributed by atoms with Gasteiger partial charge in [0, 0.05) is 18.8 Å². The second-order valence-corrected chi connectivity index (χ2v) is 6.45. The number of nitrogens with zero attached hydrogens (tertiary/aromatic N) is 2. The molecule has 0 unspecified atom stereocenters. The smallest absolute Gasteiger partial charge is 0.261 e. The average molecular weight is 371 g/mol. The van der Waals surface area contributed by atoms with E-state index in [0.29, 0.717) is 22.4 Å². The zero-order chi connectivity index (χ0) is 19.7. The summed E-state index contributed by atoms with van der Waals surface area (Å²) in [6.07, 6.45) is 1.52. The van der Waals surface area contributed by atoms with E-state index in [1.54, 1.807) is 43.4 Å². The number of fused-ring (bicyclic) bond motifs is 1. The van der Waals surface area contributed by atoms with Crippen LogP contribution in [0.4, 0.5) is 0 Å². The lowest BCUT2D eigenvalue weighted by Crippen LogP contribution is -2.29. The lowest BCUT2D eigenvalue weighted by molar-refractivity contribution is 0.0642. The molecule has 0 saturated heterocycles. The summed E-state index contributed by atoms with van der Waals surface area (Å²) in [5.41, 5.74) is 3.73. The minimum atomic E-state index is -0.279. The van der Waals surface area contributed by atoms with Crippen molar-refractivity contribution in [1.82, 2.24) is 15.2 Å². The Morgan fingerprint density at radius 2 is 1.68 bits per heavy atom. The van der Waals surface area contributed by atoms with E-state index in [-0.39, 0.29) is 24.3 Å². The number of pyridine rings is 1. The number of amides is 3. The zero-order valence-electron chi connectivity index (χ0n) is 15.2. The van der Waals surface area contributed by atoms with E-state index >= 15 is 0 Å². The Morgan fingerprint density at radius 1 is 0.964 bits per heavy atom. The number of nitrogens with one attached hydrogen (secondary N) is 1. The molecule has 3 amide bonds. The Labute approximate surface area is 161 Å². The summed E-state index contributed by atoms with van der Waals surface area (Å²) in [4.78, 5) is 42.3. The van der Waals surface area contributed by atoms with Crippen LogP contribution in [0.5, 0.6) is 0 Å². The molecule has 4 rings (SSSR count). The van der Waals surface area contributed by atoms with Crippen LogP contribution >= 0.6 is 0 Å². The predicted octanol–water partition coefficient (Wildman–Crippen LogP) is 2.90. The highest BCUT2D eigenvalue weighted by molar-refractivity contribution is 6.21. The molecule has 6 heteroatoms. The van der Waals surface area contributed by atoms with Crippen LogP contribution in [0, 0.1) is 0 Å². The summed E-state index contributed by atoms with van der Waals surface area (Å²) in [6.45, 7) is 0.191. The molecule has 0 fully saturated rings. The Morgan fingerprint density at radius 3 is 2.29 bits per heavy atom. The van der Waals surface area contributed by atoms with Gasteiger partial charge in [0.25, 0.3) is 17.7 Å². The molecule has 0 radical (unpaired) electrons. The van der Waals surface area contributed by atoms with Crippen LogP contribution in [-0.2, 0) is 6.54 Å². The predicted molar refractivity (Wildman–Crippen MR) is 104 cm³/mol. The maximum Gasteiger partial charge on any atom is 0.261 e. The van der Waals surface area contributed by atoms with Gasteiger partial charge >= 0.3 is 0 Å². The lowest BCUT2D eigenvalue weighted by Gasteiger charge is -2.14. The molecular formula is C22H17N3O3. The maximum absolute atomic E-state index is 12.6. The highest BCUT2D eigenvalue weighted by Gasteiger charge is 2.34. The molecular weight excluding hydrogens is 354 g/mol. The zero-order valence-corrected chi connectivity index (χ0v) is 15.2. The van der Waals surface area contributed by atoms with E-state index in [4.69, 9.17) is 0 Å². The Bertz CT molecular complexity index is 1060. The third kappa shape index (κ3) is 3.05. The van der Waals surface area contributed by atoms with Crippen LogP contribution in [0.2, 0.25) is 0 Å². The molecule has 3 aromatic rings. The highest BCUT2D eigenvalue weighted by Crippen LogP contribution is 2.25. The first-order valence-corrected chi connectivity index (χ1v) is 8.81. The molecule has 138 valence electrons. The van der Waals surface area contributed by atoms with Crippen molar-refractivity contribution in [2.75, 3.05) is 7.05 Å². The molecule has 0 bridgehead atoms. The van der Waals surface area contributed by atoms with E-state index < -0.39 is 0 Å². The van der Waals surface area contributed by atoms with E-state index in [0.717, 1.165) is 11.1 Å². The highest BCUT2D eigenvalue weighted by atomic mass is 16.2. The van der Waals surface area contributed by atoms with Gasteiger partial charge in [-0.3, -0.25) is 24.3 Å². The Hall–Kier alpha value is -3.80. The maximum atomic E-state index is 12.6. The van der Waals surface area contributed by atoms with Gasteiger partial charge in [-0.15, -0.1) is 0 Å². The molecule has 0 aliphatic carbocycles. The van der Waals surface area contributed by atoms with Gasteiger partial charge in [-0.05, 0) is 35.9 Å². The standard InChI is InChI=1S/C22H17N3O3/c1-23-20(26)16-9-10-19(24-12-16)15-6-4-5-14(11-15)13-25-21(27)17-7-2-3-8-18(17)22(25)28/h2-12H,13H2,1H3,(H,23,26). The number of carbonyl (C=O) groups excluding carboxylic acids is 3. The van der Waals surface area contributed by atoms with E-state index in [2.05, 4.69) is 10.3 Å². The van der Waals surface area contributed by atoms with Crippen LogP contribution in [0.3, 0.4) is 0 Å². The fraction of sp³-hybridized carbons (Fsp3) is 0.0909. The lowest BCUT2D eigenvalue weighted by atomic mass is 10.1. The van der Waals surface area contributed by atoms with Crippen molar-refractivity contribution in [2.24, 2.45) is 0 Å². The molecule has 0 atom stereocenters. The van der Waals surface area contributed by atoms with Gasteiger partial charge < -0.3 is 5.32 Å². The molecule has 28 heavy (non-hydrogen) atoms. The first-order valence-electron chi connectivity index (χ1n) is 8.81. The van der Waals surface area contributed by atoms with Crippen molar-refractivity contribution in [1.29, 1.82) is 0 Å². The first kappa shape index (κ1) is 17.6. The van der Waals surface area contributed by atoms with Gasteiger partial charge in [0.15, 0.2) is 0 Å². The quantitative estimate of drug-likeness (QED) is 0.715. The number of imide groups is 1. The van der Waals surface area contributed by atoms with Crippen molar-refractivity contribution < 1.29 is 14.4 Å². The molecule has 1 aliphatic rings. The number of aromatic nitrogens is 1. The van der Waals surface area contributed by atoms with Gasteiger partial charge in [-0.1, -0.05) is 30.3 Å². The van der Waals surface area contributed by atoms with Crippen LogP contribution in [-0.4, -0.2) is 34.7 Å². The third-order valence-electron chi connectivity index (χ3n) is 4.69. The van der Waals surface area contributed by atoms with Crippen LogP contribution in [0.15, 0.2) is 66.9 Å². The normalized spacial score (nSPS) is 12.8. The number of rotatable bonds is 4. The van der Waals surface area contributed by atoms with Gasteiger partial charge in [0.05, 0.1) is 28.9 Å². The molecule has 0 spiro atoms. The SMILES string of the molecule is CNC(=O)c1ccc(-c2cccc(CN3C(=O)c4ccccc4C3=O)c2)nc1. The van der Waals surface area contributed by atoms with Gasteiger partial charge in [-0.2, -0.15) is 0 Å². The van der Waals surface area contributed by atoms with Crippen molar-refractivity contribution in [3.63, 3.8) is 0 Å². The second-order valence-electron chi connectivity index (χ2n) is 6.45. The Kier molecular flexibility index (Phi) is 4.45. The number of hydrogen-bond donors (Lipinski definition) is 1. The topological polar surface area (TPSA) is 79.4 Å². The average Bonchev–Trinajstić information content (AvgIpc) is 2.98. The third-order valence-corrected chi connectivity index (χ3v) is 4.69. The van der Waals surface area contributed by atoms with Crippen molar-refractivity contribution >= 4 is 17.7 Å². The minimum absolute atomic E-state index is 0.191. The summed E-state index contributed by atoms with van der Waals surface area (Å²) >= 11 is 0. The van der Waals surface area contributed by atoms with E-state index in [1.807, 2.05) is 24.3 Å². The molecule has 2 heterocycles. The number of carbonyl (C=O) groups is 3. The van der Waals surface area contributed by atoms with Gasteiger partial charge in [0.1, 0.15) is 0 Å². The molecule has 0 saturated carbocycles. The molecule has 1 N–H and O–H groups in total. The van der Waals surface area contributed by atoms with Crippen LogP contribution in [0.25, 0.3) is 11.3 Å². The second kappa shape index (κ2) is 7.08. The summed E-state index contributed by atoms with van der Waals surface area (Å²) < 4.78 is 0. The van der Waals surface area contributed by atoms with Gasteiger partial charge in [-0.25, -0.2) is 0 Å². The summed E-state index contributed by atoms with van der Waals surface area (Å²) in [7, 11) is 1.57. The Balaban J connectivity index is 1.58. The van der Waals surface area contributed by atoms with Crippen LogP contribution < -0.4 is 5.32 Å². The summed E-state index contributed by atoms with van der Waals surface area (Å²) in [5, 5.41) is 2.56. The fourth-order valence-corrected chi connectivity index (χ4v) is 3.24. The fourth-order valence-electron chi connectivity index (χ4n) is 3.24. The molecule has 1 aromatic heterocycles. The monoisotopic (exact) mass is 371 g/mol. The molecule has 1 aliphatic heterocycles. The van der Waals surface area contributed by atoms with Crippen molar-refractivity contribution in [3.8, 4) is 11.3 Å². The number of benzene rings is 2. The molecule has 2 aromatic carbocycles. The number of hydrogen-bond acceptors (Lipinski definition) is 4. The van der Waals surface area contributed by atoms with Crippen molar-refractivity contribution in [2.45, 2.75) is 6.54 Å². The summed E-state index contributed by atoms with van der Waals surface area (Å²) in [5.74, 6) is -0.753. The van der Waals surface area contributed by atoms with Crippen molar-refractivity contribution in [3.05, 3.63) is 89.1 Å². The minimum Gasteiger partial charge on any atom is -0.355 e.